The van der Waals surface area contributed by atoms with E-state index in [1.165, 1.54) is 29.2 Å². The van der Waals surface area contributed by atoms with Gasteiger partial charge >= 0.3 is 0 Å². The van der Waals surface area contributed by atoms with E-state index in [0.29, 0.717) is 17.1 Å². The van der Waals surface area contributed by atoms with E-state index in [-0.39, 0.29) is 17.7 Å². The number of methoxy groups -OCH3 is 1. The number of hydrogen-bond donors (Lipinski definition) is 1. The van der Waals surface area contributed by atoms with Gasteiger partial charge in [0.2, 0.25) is 5.91 Å². The van der Waals surface area contributed by atoms with Crippen molar-refractivity contribution in [2.75, 3.05) is 12.4 Å². The molecule has 29 heavy (non-hydrogen) atoms. The van der Waals surface area contributed by atoms with Gasteiger partial charge in [0.1, 0.15) is 24.4 Å². The van der Waals surface area contributed by atoms with Gasteiger partial charge in [0.15, 0.2) is 11.2 Å². The summed E-state index contributed by atoms with van der Waals surface area (Å²) < 4.78 is 20.9. The molecule has 9 nitrogen and oxygen atoms in total. The molecule has 0 unspecified atom stereocenters. The van der Waals surface area contributed by atoms with Crippen molar-refractivity contribution in [3.8, 4) is 11.4 Å². The second-order valence-corrected chi connectivity index (χ2v) is 6.11. The Morgan fingerprint density at radius 3 is 2.83 bits per heavy atom. The number of halogens is 1. The molecule has 0 saturated carbocycles. The van der Waals surface area contributed by atoms with Crippen molar-refractivity contribution in [1.82, 2.24) is 24.5 Å². The van der Waals surface area contributed by atoms with Crippen LogP contribution in [0.2, 0.25) is 0 Å². The fourth-order valence-electron chi connectivity index (χ4n) is 2.79. The number of nitrogens with one attached hydrogen (secondary N) is 1. The minimum Gasteiger partial charge on any atom is -0.497 e. The molecule has 0 atom stereocenters. The maximum absolute atomic E-state index is 13.2. The van der Waals surface area contributed by atoms with Gasteiger partial charge in [0, 0.05) is 11.8 Å². The predicted octanol–water partition coefficient (Wildman–Crippen LogP) is 1.76. The number of anilines is 1. The summed E-state index contributed by atoms with van der Waals surface area (Å²) in [5.41, 5.74) is 0.679. The molecule has 2 aromatic heterocycles. The first kappa shape index (κ1) is 18.3. The third-order valence-electron chi connectivity index (χ3n) is 4.15. The maximum Gasteiger partial charge on any atom is 0.284 e. The van der Waals surface area contributed by atoms with Crippen molar-refractivity contribution in [2.45, 2.75) is 6.54 Å². The summed E-state index contributed by atoms with van der Waals surface area (Å²) in [5, 5.41) is 10.4. The molecular formula is C19H15FN6O3. The average molecular weight is 394 g/mol. The number of amides is 1. The monoisotopic (exact) mass is 394 g/mol. The number of carbonyl (C=O) groups excluding carboxylic acids is 1. The van der Waals surface area contributed by atoms with Gasteiger partial charge in [0.25, 0.3) is 5.56 Å². The number of nitrogens with zero attached hydrogens (tertiary/aromatic N) is 5. The molecule has 0 aliphatic carbocycles. The fourth-order valence-corrected chi connectivity index (χ4v) is 2.79. The molecule has 10 heteroatoms. The predicted molar refractivity (Wildman–Crippen MR) is 103 cm³/mol. The summed E-state index contributed by atoms with van der Waals surface area (Å²) in [4.78, 5) is 29.1. The molecular weight excluding hydrogens is 379 g/mol. The van der Waals surface area contributed by atoms with Crippen LogP contribution in [0.4, 0.5) is 10.1 Å². The molecule has 0 aliphatic heterocycles. The van der Waals surface area contributed by atoms with Crippen molar-refractivity contribution in [2.24, 2.45) is 0 Å². The Bertz CT molecular complexity index is 1270. The summed E-state index contributed by atoms with van der Waals surface area (Å²) in [5.74, 6) is -0.357. The summed E-state index contributed by atoms with van der Waals surface area (Å²) >= 11 is 0. The number of fused-ring (bicyclic) bond motifs is 1. The van der Waals surface area contributed by atoms with Crippen LogP contribution in [0.15, 0.2) is 59.7 Å². The minimum absolute atomic E-state index is 0.0221. The van der Waals surface area contributed by atoms with E-state index >= 15 is 0 Å². The second-order valence-electron chi connectivity index (χ2n) is 6.11. The fraction of sp³-hybridized carbons (Fsp3) is 0.105. The van der Waals surface area contributed by atoms with E-state index in [4.69, 9.17) is 4.74 Å². The Morgan fingerprint density at radius 1 is 1.21 bits per heavy atom. The summed E-state index contributed by atoms with van der Waals surface area (Å²) in [7, 11) is 1.55. The summed E-state index contributed by atoms with van der Waals surface area (Å²) in [6.45, 7) is -0.301. The molecule has 0 spiro atoms. The van der Waals surface area contributed by atoms with Gasteiger partial charge in [0.05, 0.1) is 12.8 Å². The topological polar surface area (TPSA) is 104 Å². The van der Waals surface area contributed by atoms with Gasteiger partial charge < -0.3 is 10.1 Å². The Morgan fingerprint density at radius 2 is 2.03 bits per heavy atom. The first-order chi connectivity index (χ1) is 14.0. The quantitative estimate of drug-likeness (QED) is 0.553. The molecule has 0 fully saturated rings. The first-order valence-corrected chi connectivity index (χ1v) is 8.56. The smallest absolute Gasteiger partial charge is 0.284 e. The van der Waals surface area contributed by atoms with Gasteiger partial charge in [-0.3, -0.25) is 14.2 Å². The molecule has 1 amide bonds. The van der Waals surface area contributed by atoms with E-state index < -0.39 is 17.3 Å². The van der Waals surface area contributed by atoms with E-state index in [1.807, 2.05) is 0 Å². The number of benzene rings is 2. The lowest BCUT2D eigenvalue weighted by Gasteiger charge is -2.07. The number of carbonyl (C=O) groups is 1. The Labute approximate surface area is 163 Å². The standard InChI is InChI=1S/C19H15FN6O3/c1-29-15-7-3-6-14(9-15)26-18-17(23-24-26)19(28)25(11-21-18)10-16(27)22-13-5-2-4-12(20)8-13/h2-9,11H,10H2,1H3,(H,22,27). The van der Waals surface area contributed by atoms with Crippen molar-refractivity contribution >= 4 is 22.8 Å². The molecule has 1 N–H and O–H groups in total. The van der Waals surface area contributed by atoms with Crippen LogP contribution in [0.3, 0.4) is 0 Å². The number of rotatable bonds is 5. The van der Waals surface area contributed by atoms with Crippen LogP contribution in [-0.2, 0) is 11.3 Å². The number of ether oxygens (including phenoxy) is 1. The van der Waals surface area contributed by atoms with E-state index in [0.717, 1.165) is 4.57 Å². The molecule has 146 valence electrons. The van der Waals surface area contributed by atoms with Gasteiger partial charge in [-0.2, -0.15) is 4.68 Å². The lowest BCUT2D eigenvalue weighted by molar-refractivity contribution is -0.116. The van der Waals surface area contributed by atoms with Crippen LogP contribution in [0, 0.1) is 5.82 Å². The highest BCUT2D eigenvalue weighted by molar-refractivity contribution is 5.90. The SMILES string of the molecule is COc1cccc(-n2nnc3c(=O)n(CC(=O)Nc4cccc(F)c4)cnc32)c1. The Kier molecular flexibility index (Phi) is 4.73. The van der Waals surface area contributed by atoms with E-state index in [2.05, 4.69) is 20.6 Å². The highest BCUT2D eigenvalue weighted by Gasteiger charge is 2.15. The zero-order chi connectivity index (χ0) is 20.4. The van der Waals surface area contributed by atoms with Gasteiger partial charge in [-0.1, -0.05) is 17.3 Å². The summed E-state index contributed by atoms with van der Waals surface area (Å²) in [6.07, 6.45) is 1.25. The van der Waals surface area contributed by atoms with E-state index in [9.17, 15) is 14.0 Å². The minimum atomic E-state index is -0.515. The zero-order valence-electron chi connectivity index (χ0n) is 15.2. The summed E-state index contributed by atoms with van der Waals surface area (Å²) in [6, 6.07) is 12.5. The third kappa shape index (κ3) is 3.68. The highest BCUT2D eigenvalue weighted by Crippen LogP contribution is 2.18. The molecule has 0 saturated heterocycles. The number of aromatic nitrogens is 5. The van der Waals surface area contributed by atoms with Crippen LogP contribution < -0.4 is 15.6 Å². The molecule has 2 aromatic carbocycles. The lowest BCUT2D eigenvalue weighted by Crippen LogP contribution is -2.28. The zero-order valence-corrected chi connectivity index (χ0v) is 15.2. The molecule has 2 heterocycles. The molecule has 0 aliphatic rings. The van der Waals surface area contributed by atoms with Crippen molar-refractivity contribution in [3.05, 3.63) is 71.0 Å². The van der Waals surface area contributed by atoms with Gasteiger partial charge in [-0.25, -0.2) is 9.37 Å². The van der Waals surface area contributed by atoms with Crippen molar-refractivity contribution in [1.29, 1.82) is 0 Å². The normalized spacial score (nSPS) is 10.8. The molecule has 4 rings (SSSR count). The molecule has 0 radical (unpaired) electrons. The van der Waals surface area contributed by atoms with Gasteiger partial charge in [-0.15, -0.1) is 5.10 Å². The van der Waals surface area contributed by atoms with Crippen molar-refractivity contribution in [3.63, 3.8) is 0 Å². The number of hydrogen-bond acceptors (Lipinski definition) is 6. The highest BCUT2D eigenvalue weighted by atomic mass is 19.1. The molecule has 4 aromatic rings. The van der Waals surface area contributed by atoms with Crippen LogP contribution in [-0.4, -0.2) is 37.6 Å². The Hall–Kier alpha value is -4.08. The van der Waals surface area contributed by atoms with Gasteiger partial charge in [-0.05, 0) is 30.3 Å². The third-order valence-corrected chi connectivity index (χ3v) is 4.15. The first-order valence-electron chi connectivity index (χ1n) is 8.56. The van der Waals surface area contributed by atoms with Crippen LogP contribution in [0.25, 0.3) is 16.9 Å². The van der Waals surface area contributed by atoms with Crippen LogP contribution in [0.1, 0.15) is 0 Å². The largest absolute Gasteiger partial charge is 0.497 e. The lowest BCUT2D eigenvalue weighted by atomic mass is 10.3. The second kappa shape index (κ2) is 7.50. The maximum atomic E-state index is 13.2. The van der Waals surface area contributed by atoms with E-state index in [1.54, 1.807) is 37.4 Å². The Balaban J connectivity index is 1.61. The molecule has 0 bridgehead atoms. The van der Waals surface area contributed by atoms with Crippen LogP contribution in [0.5, 0.6) is 5.75 Å². The average Bonchev–Trinajstić information content (AvgIpc) is 3.15. The van der Waals surface area contributed by atoms with Crippen LogP contribution >= 0.6 is 0 Å². The van der Waals surface area contributed by atoms with Crippen molar-refractivity contribution < 1.29 is 13.9 Å².